The van der Waals surface area contributed by atoms with E-state index in [-0.39, 0.29) is 6.61 Å². The number of hydrogen-bond acceptors (Lipinski definition) is 2. The van der Waals surface area contributed by atoms with Crippen molar-refractivity contribution in [3.05, 3.63) is 34.7 Å². The molecule has 0 aromatic carbocycles. The lowest BCUT2D eigenvalue weighted by Gasteiger charge is -1.97. The van der Waals surface area contributed by atoms with Gasteiger partial charge >= 0.3 is 0 Å². The molecule has 0 aliphatic rings. The molecule has 0 amide bonds. The van der Waals surface area contributed by atoms with E-state index in [2.05, 4.69) is 20.9 Å². The summed E-state index contributed by atoms with van der Waals surface area (Å²) in [7, 11) is 0. The molecule has 0 radical (unpaired) electrons. The Balaban J connectivity index is 2.80. The van der Waals surface area contributed by atoms with Crippen LogP contribution in [0.4, 0.5) is 0 Å². The Bertz CT molecular complexity index is 410. The first kappa shape index (κ1) is 7.76. The van der Waals surface area contributed by atoms with Crippen molar-refractivity contribution >= 4 is 21.6 Å². The smallest absolute Gasteiger partial charge is 0.151 e. The predicted octanol–water partition coefficient (Wildman–Crippen LogP) is 1.59. The van der Waals surface area contributed by atoms with E-state index >= 15 is 0 Å². The Morgan fingerprint density at radius 2 is 2.42 bits per heavy atom. The molecule has 0 unspecified atom stereocenters. The minimum Gasteiger partial charge on any atom is -0.390 e. The molecule has 0 saturated carbocycles. The second-order valence-electron chi connectivity index (χ2n) is 2.46. The van der Waals surface area contributed by atoms with Crippen LogP contribution in [0.15, 0.2) is 29.0 Å². The number of nitrogens with zero attached hydrogens (tertiary/aromatic N) is 2. The van der Waals surface area contributed by atoms with Crippen molar-refractivity contribution in [3.8, 4) is 0 Å². The summed E-state index contributed by atoms with van der Waals surface area (Å²) in [6.45, 7) is 0.0115. The monoisotopic (exact) mass is 226 g/mol. The molecule has 0 fully saturated rings. The fraction of sp³-hybridized carbons (Fsp3) is 0.125. The molecule has 0 saturated heterocycles. The van der Waals surface area contributed by atoms with E-state index in [1.807, 2.05) is 22.7 Å². The molecule has 2 aromatic rings. The van der Waals surface area contributed by atoms with Gasteiger partial charge in [0.15, 0.2) is 5.65 Å². The van der Waals surface area contributed by atoms with Crippen LogP contribution < -0.4 is 0 Å². The van der Waals surface area contributed by atoms with Gasteiger partial charge in [-0.3, -0.25) is 0 Å². The van der Waals surface area contributed by atoms with Gasteiger partial charge in [-0.05, 0) is 28.1 Å². The highest BCUT2D eigenvalue weighted by atomic mass is 79.9. The fourth-order valence-corrected chi connectivity index (χ4v) is 1.59. The Kier molecular flexibility index (Phi) is 1.86. The molecule has 4 heteroatoms. The van der Waals surface area contributed by atoms with E-state index in [1.54, 1.807) is 6.20 Å². The second-order valence-corrected chi connectivity index (χ2v) is 3.31. The zero-order valence-electron chi connectivity index (χ0n) is 6.24. The van der Waals surface area contributed by atoms with Crippen molar-refractivity contribution in [2.45, 2.75) is 6.61 Å². The number of hydrogen-bond donors (Lipinski definition) is 1. The van der Waals surface area contributed by atoms with E-state index in [0.29, 0.717) is 0 Å². The molecule has 0 spiro atoms. The molecule has 2 heterocycles. The quantitative estimate of drug-likeness (QED) is 0.803. The first-order valence-electron chi connectivity index (χ1n) is 3.54. The van der Waals surface area contributed by atoms with Gasteiger partial charge in [0.2, 0.25) is 0 Å². The van der Waals surface area contributed by atoms with Crippen LogP contribution in [0.1, 0.15) is 5.69 Å². The average Bonchev–Trinajstić information content (AvgIpc) is 2.49. The topological polar surface area (TPSA) is 37.5 Å². The maximum Gasteiger partial charge on any atom is 0.151 e. The molecule has 12 heavy (non-hydrogen) atoms. The number of halogens is 1. The molecule has 62 valence electrons. The van der Waals surface area contributed by atoms with Crippen LogP contribution in [0.2, 0.25) is 0 Å². The minimum atomic E-state index is 0.0115. The van der Waals surface area contributed by atoms with Crippen LogP contribution in [0.5, 0.6) is 0 Å². The Hall–Kier alpha value is -0.870. The van der Waals surface area contributed by atoms with Crippen molar-refractivity contribution in [1.29, 1.82) is 0 Å². The number of rotatable bonds is 1. The predicted molar refractivity (Wildman–Crippen MR) is 48.8 cm³/mol. The highest BCUT2D eigenvalue weighted by molar-refractivity contribution is 9.10. The Morgan fingerprint density at radius 3 is 3.17 bits per heavy atom. The molecule has 2 rings (SSSR count). The van der Waals surface area contributed by atoms with E-state index in [0.717, 1.165) is 15.8 Å². The van der Waals surface area contributed by atoms with Crippen molar-refractivity contribution in [1.82, 2.24) is 9.38 Å². The maximum atomic E-state index is 8.94. The van der Waals surface area contributed by atoms with Crippen molar-refractivity contribution in [3.63, 3.8) is 0 Å². The third-order valence-electron chi connectivity index (χ3n) is 1.73. The molecule has 2 aromatic heterocycles. The summed E-state index contributed by atoms with van der Waals surface area (Å²) >= 11 is 3.37. The average molecular weight is 227 g/mol. The highest BCUT2D eigenvalue weighted by Crippen LogP contribution is 2.17. The van der Waals surface area contributed by atoms with E-state index in [4.69, 9.17) is 5.11 Å². The number of aliphatic hydroxyl groups excluding tert-OH is 1. The Morgan fingerprint density at radius 1 is 1.58 bits per heavy atom. The van der Waals surface area contributed by atoms with Crippen molar-refractivity contribution in [2.24, 2.45) is 0 Å². The number of pyridine rings is 1. The zero-order valence-corrected chi connectivity index (χ0v) is 7.82. The van der Waals surface area contributed by atoms with Gasteiger partial charge in [-0.1, -0.05) is 0 Å². The molecule has 0 aliphatic heterocycles. The highest BCUT2D eigenvalue weighted by Gasteiger charge is 2.03. The molecule has 0 atom stereocenters. The lowest BCUT2D eigenvalue weighted by atomic mass is 10.4. The zero-order chi connectivity index (χ0) is 8.55. The largest absolute Gasteiger partial charge is 0.390 e. The van der Waals surface area contributed by atoms with Gasteiger partial charge < -0.3 is 9.51 Å². The molecule has 1 N–H and O–H groups in total. The minimum absolute atomic E-state index is 0.0115. The fourth-order valence-electron chi connectivity index (χ4n) is 1.14. The molecular formula is C8H7BrN2O. The third kappa shape index (κ3) is 1.04. The van der Waals surface area contributed by atoms with Crippen LogP contribution in [-0.4, -0.2) is 14.5 Å². The summed E-state index contributed by atoms with van der Waals surface area (Å²) < 4.78 is 2.79. The molecule has 0 aliphatic carbocycles. The van der Waals surface area contributed by atoms with Gasteiger partial charge in [0.25, 0.3) is 0 Å². The lowest BCUT2D eigenvalue weighted by molar-refractivity contribution is 0.276. The maximum absolute atomic E-state index is 8.94. The summed E-state index contributed by atoms with van der Waals surface area (Å²) in [5.74, 6) is 0. The van der Waals surface area contributed by atoms with Crippen LogP contribution in [0.3, 0.4) is 0 Å². The third-order valence-corrected chi connectivity index (χ3v) is 2.35. The van der Waals surface area contributed by atoms with Crippen LogP contribution in [0.25, 0.3) is 5.65 Å². The van der Waals surface area contributed by atoms with Crippen molar-refractivity contribution < 1.29 is 5.11 Å². The number of aromatic nitrogens is 2. The van der Waals surface area contributed by atoms with Gasteiger partial charge in [0, 0.05) is 6.20 Å². The number of fused-ring (bicyclic) bond motifs is 1. The molecular weight excluding hydrogens is 220 g/mol. The van der Waals surface area contributed by atoms with E-state index in [9.17, 15) is 0 Å². The molecule has 3 nitrogen and oxygen atoms in total. The standard InChI is InChI=1S/C8H7BrN2O/c9-7-2-1-3-11-6(5-12)4-10-8(7)11/h1-4,12H,5H2. The summed E-state index contributed by atoms with van der Waals surface area (Å²) in [6, 6.07) is 3.82. The second kappa shape index (κ2) is 2.88. The molecule has 0 bridgehead atoms. The number of imidazole rings is 1. The van der Waals surface area contributed by atoms with Gasteiger partial charge in [0.05, 0.1) is 23.0 Å². The van der Waals surface area contributed by atoms with E-state index < -0.39 is 0 Å². The Labute approximate surface area is 77.8 Å². The van der Waals surface area contributed by atoms with Gasteiger partial charge in [0.1, 0.15) is 0 Å². The van der Waals surface area contributed by atoms with Crippen molar-refractivity contribution in [2.75, 3.05) is 0 Å². The number of aliphatic hydroxyl groups is 1. The van der Waals surface area contributed by atoms with Crippen LogP contribution in [0, 0.1) is 0 Å². The summed E-state index contributed by atoms with van der Waals surface area (Å²) in [5, 5.41) is 8.94. The lowest BCUT2D eigenvalue weighted by Crippen LogP contribution is -1.91. The first-order chi connectivity index (χ1) is 5.83. The van der Waals surface area contributed by atoms with Gasteiger partial charge in [-0.2, -0.15) is 0 Å². The van der Waals surface area contributed by atoms with Gasteiger partial charge in [-0.15, -0.1) is 0 Å². The summed E-state index contributed by atoms with van der Waals surface area (Å²) in [6.07, 6.45) is 3.54. The summed E-state index contributed by atoms with van der Waals surface area (Å²) in [5.41, 5.74) is 1.63. The van der Waals surface area contributed by atoms with Crippen LogP contribution in [-0.2, 0) is 6.61 Å². The first-order valence-corrected chi connectivity index (χ1v) is 4.33. The van der Waals surface area contributed by atoms with Crippen LogP contribution >= 0.6 is 15.9 Å². The normalized spacial score (nSPS) is 10.8. The SMILES string of the molecule is OCc1cnc2c(Br)cccn12. The summed E-state index contributed by atoms with van der Waals surface area (Å²) in [4.78, 5) is 4.15. The van der Waals surface area contributed by atoms with E-state index in [1.165, 1.54) is 0 Å². The van der Waals surface area contributed by atoms with Gasteiger partial charge in [-0.25, -0.2) is 4.98 Å².